The van der Waals surface area contributed by atoms with Crippen LogP contribution in [-0.2, 0) is 14.8 Å². The third-order valence-electron chi connectivity index (χ3n) is 2.66. The molecule has 0 saturated carbocycles. The molecule has 1 aromatic rings. The highest BCUT2D eigenvalue weighted by molar-refractivity contribution is 9.10. The van der Waals surface area contributed by atoms with E-state index in [4.69, 9.17) is 10.5 Å². The summed E-state index contributed by atoms with van der Waals surface area (Å²) in [6.07, 6.45) is 1.49. The van der Waals surface area contributed by atoms with E-state index in [2.05, 4.69) is 20.7 Å². The Labute approximate surface area is 133 Å². The quantitative estimate of drug-likeness (QED) is 0.534. The first kappa shape index (κ1) is 18.3. The molecule has 0 heterocycles. The van der Waals surface area contributed by atoms with Crippen LogP contribution in [0.3, 0.4) is 0 Å². The van der Waals surface area contributed by atoms with Gasteiger partial charge in [-0.2, -0.15) is 0 Å². The molecule has 0 aliphatic heterocycles. The number of ether oxygens (including phenoxy) is 1. The second kappa shape index (κ2) is 8.07. The maximum absolute atomic E-state index is 13.7. The molecule has 0 aromatic heterocycles. The van der Waals surface area contributed by atoms with Gasteiger partial charge in [0.25, 0.3) is 0 Å². The molecule has 0 radical (unpaired) electrons. The van der Waals surface area contributed by atoms with E-state index in [1.165, 1.54) is 0 Å². The van der Waals surface area contributed by atoms with Crippen molar-refractivity contribution < 1.29 is 17.5 Å². The van der Waals surface area contributed by atoms with Gasteiger partial charge in [-0.05, 0) is 54.8 Å². The van der Waals surface area contributed by atoms with Crippen molar-refractivity contribution in [3.8, 4) is 0 Å². The van der Waals surface area contributed by atoms with Gasteiger partial charge in [-0.3, -0.25) is 0 Å². The van der Waals surface area contributed by atoms with Crippen molar-refractivity contribution in [2.75, 3.05) is 18.9 Å². The first-order chi connectivity index (χ1) is 9.74. The van der Waals surface area contributed by atoms with Gasteiger partial charge in [0.1, 0.15) is 10.7 Å². The van der Waals surface area contributed by atoms with Gasteiger partial charge < -0.3 is 10.5 Å². The average Bonchev–Trinajstić information content (AvgIpc) is 2.37. The summed E-state index contributed by atoms with van der Waals surface area (Å²) in [4.78, 5) is -0.443. The molecular weight excluding hydrogens is 363 g/mol. The fourth-order valence-electron chi connectivity index (χ4n) is 1.58. The molecule has 8 heteroatoms. The minimum Gasteiger partial charge on any atom is -0.398 e. The molecule has 120 valence electrons. The lowest BCUT2D eigenvalue weighted by atomic mass is 10.3. The van der Waals surface area contributed by atoms with Gasteiger partial charge in [-0.15, -0.1) is 0 Å². The largest absolute Gasteiger partial charge is 0.398 e. The van der Waals surface area contributed by atoms with Crippen LogP contribution in [-0.4, -0.2) is 27.7 Å². The Balaban J connectivity index is 2.56. The Kier molecular flexibility index (Phi) is 7.05. The van der Waals surface area contributed by atoms with E-state index in [1.54, 1.807) is 0 Å². The number of hydrogen-bond acceptors (Lipinski definition) is 4. The predicted molar refractivity (Wildman–Crippen MR) is 84.0 cm³/mol. The van der Waals surface area contributed by atoms with Crippen LogP contribution in [0.1, 0.15) is 26.7 Å². The number of nitrogens with two attached hydrogens (primary N) is 1. The fourth-order valence-corrected chi connectivity index (χ4v) is 3.06. The standard InChI is InChI=1S/C13H20BrFN2O3S/c1-9(2)20-6-4-3-5-17-21(18,19)13-8-12(16)10(14)7-11(13)15/h7-9,17H,3-6,16H2,1-2H3. The Morgan fingerprint density at radius 1 is 1.38 bits per heavy atom. The molecule has 0 fully saturated rings. The van der Waals surface area contributed by atoms with Crippen molar-refractivity contribution in [1.82, 2.24) is 4.72 Å². The van der Waals surface area contributed by atoms with Crippen molar-refractivity contribution in [1.29, 1.82) is 0 Å². The number of nitrogens with one attached hydrogen (secondary N) is 1. The topological polar surface area (TPSA) is 81.4 Å². The first-order valence-corrected chi connectivity index (χ1v) is 8.87. The molecule has 5 nitrogen and oxygen atoms in total. The summed E-state index contributed by atoms with van der Waals surface area (Å²) in [6, 6.07) is 2.14. The molecule has 0 spiro atoms. The summed E-state index contributed by atoms with van der Waals surface area (Å²) in [5, 5.41) is 0. The minimum absolute atomic E-state index is 0.154. The summed E-state index contributed by atoms with van der Waals surface area (Å²) >= 11 is 3.05. The molecule has 0 unspecified atom stereocenters. The van der Waals surface area contributed by atoms with Gasteiger partial charge in [0.2, 0.25) is 10.0 Å². The summed E-state index contributed by atoms with van der Waals surface area (Å²) in [7, 11) is -3.90. The summed E-state index contributed by atoms with van der Waals surface area (Å²) in [5.41, 5.74) is 5.76. The van der Waals surface area contributed by atoms with Crippen molar-refractivity contribution >= 4 is 31.6 Å². The third kappa shape index (κ3) is 5.90. The summed E-state index contributed by atoms with van der Waals surface area (Å²) in [5.74, 6) is -0.841. The van der Waals surface area contributed by atoms with Gasteiger partial charge in [-0.25, -0.2) is 17.5 Å². The highest BCUT2D eigenvalue weighted by Gasteiger charge is 2.20. The second-order valence-electron chi connectivity index (χ2n) is 4.83. The minimum atomic E-state index is -3.90. The van der Waals surface area contributed by atoms with E-state index in [0.29, 0.717) is 17.5 Å². The van der Waals surface area contributed by atoms with E-state index in [0.717, 1.165) is 18.6 Å². The predicted octanol–water partition coefficient (Wildman–Crippen LogP) is 2.65. The number of nitrogen functional groups attached to an aromatic ring is 1. The number of sulfonamides is 1. The number of anilines is 1. The van der Waals surface area contributed by atoms with Crippen LogP contribution in [0.15, 0.2) is 21.5 Å². The molecule has 1 aromatic carbocycles. The van der Waals surface area contributed by atoms with E-state index in [1.807, 2.05) is 13.8 Å². The molecule has 1 rings (SSSR count). The number of halogens is 2. The van der Waals surface area contributed by atoms with E-state index in [9.17, 15) is 12.8 Å². The van der Waals surface area contributed by atoms with Crippen LogP contribution in [0.4, 0.5) is 10.1 Å². The lowest BCUT2D eigenvalue weighted by Gasteiger charge is -2.10. The molecule has 0 atom stereocenters. The van der Waals surface area contributed by atoms with Gasteiger partial charge in [0.05, 0.1) is 6.10 Å². The van der Waals surface area contributed by atoms with E-state index in [-0.39, 0.29) is 18.3 Å². The van der Waals surface area contributed by atoms with Crippen LogP contribution >= 0.6 is 15.9 Å². The van der Waals surface area contributed by atoms with Crippen molar-refractivity contribution in [3.05, 3.63) is 22.4 Å². The average molecular weight is 383 g/mol. The molecule has 21 heavy (non-hydrogen) atoms. The molecule has 0 aliphatic rings. The zero-order chi connectivity index (χ0) is 16.0. The Hall–Kier alpha value is -0.700. The zero-order valence-corrected chi connectivity index (χ0v) is 14.4. The van der Waals surface area contributed by atoms with Crippen molar-refractivity contribution in [3.63, 3.8) is 0 Å². The molecule has 0 amide bonds. The molecule has 3 N–H and O–H groups in total. The van der Waals surface area contributed by atoms with Gasteiger partial charge >= 0.3 is 0 Å². The van der Waals surface area contributed by atoms with Crippen LogP contribution in [0, 0.1) is 5.82 Å². The Morgan fingerprint density at radius 2 is 2.05 bits per heavy atom. The first-order valence-electron chi connectivity index (χ1n) is 6.60. The van der Waals surface area contributed by atoms with Crippen LogP contribution in [0.25, 0.3) is 0 Å². The van der Waals surface area contributed by atoms with Crippen molar-refractivity contribution in [2.45, 2.75) is 37.7 Å². The lowest BCUT2D eigenvalue weighted by molar-refractivity contribution is 0.0762. The molecule has 0 bridgehead atoms. The van der Waals surface area contributed by atoms with Crippen LogP contribution < -0.4 is 10.5 Å². The number of benzene rings is 1. The number of unbranched alkanes of at least 4 members (excludes halogenated alkanes) is 1. The Bertz CT molecular complexity index is 579. The number of rotatable bonds is 8. The maximum atomic E-state index is 13.7. The monoisotopic (exact) mass is 382 g/mol. The highest BCUT2D eigenvalue weighted by Crippen LogP contribution is 2.25. The van der Waals surface area contributed by atoms with Gasteiger partial charge in [0, 0.05) is 23.3 Å². The highest BCUT2D eigenvalue weighted by atomic mass is 79.9. The SMILES string of the molecule is CC(C)OCCCCNS(=O)(=O)c1cc(N)c(Br)cc1F. The van der Waals surface area contributed by atoms with Crippen LogP contribution in [0.2, 0.25) is 0 Å². The zero-order valence-electron chi connectivity index (χ0n) is 12.0. The molecule has 0 aliphatic carbocycles. The number of hydrogen-bond donors (Lipinski definition) is 2. The fraction of sp³-hybridized carbons (Fsp3) is 0.538. The van der Waals surface area contributed by atoms with Crippen molar-refractivity contribution in [2.24, 2.45) is 0 Å². The smallest absolute Gasteiger partial charge is 0.243 e. The summed E-state index contributed by atoms with van der Waals surface area (Å²) < 4.78 is 45.8. The second-order valence-corrected chi connectivity index (χ2v) is 7.42. The van der Waals surface area contributed by atoms with Gasteiger partial charge in [0.15, 0.2) is 0 Å². The Morgan fingerprint density at radius 3 is 2.67 bits per heavy atom. The van der Waals surface area contributed by atoms with E-state index >= 15 is 0 Å². The summed E-state index contributed by atoms with van der Waals surface area (Å²) in [6.45, 7) is 4.66. The third-order valence-corrected chi connectivity index (χ3v) is 4.82. The maximum Gasteiger partial charge on any atom is 0.243 e. The lowest BCUT2D eigenvalue weighted by Crippen LogP contribution is -2.26. The molecule has 0 saturated heterocycles. The normalized spacial score (nSPS) is 12.0. The molecular formula is C13H20BrFN2O3S. The van der Waals surface area contributed by atoms with Gasteiger partial charge in [-0.1, -0.05) is 0 Å². The van der Waals surface area contributed by atoms with E-state index < -0.39 is 20.7 Å². The van der Waals surface area contributed by atoms with Crippen LogP contribution in [0.5, 0.6) is 0 Å².